The number of ether oxygens (including phenoxy) is 2. The standard InChI is InChI=1S/C22H25NO4/c1-5-25-17-7-8-20(26-6-2)19(12-17)23-22(24)11-16-13-27-21-10-15(4)14(3)9-18(16)21/h7-10,12-13H,5-6,11H2,1-4H3,(H,23,24). The van der Waals surface area contributed by atoms with Crippen molar-refractivity contribution in [1.29, 1.82) is 0 Å². The molecular weight excluding hydrogens is 342 g/mol. The molecule has 0 bridgehead atoms. The number of fused-ring (bicyclic) bond motifs is 1. The van der Waals surface area contributed by atoms with Gasteiger partial charge in [0.15, 0.2) is 0 Å². The minimum absolute atomic E-state index is 0.134. The van der Waals surface area contributed by atoms with Crippen molar-refractivity contribution in [2.75, 3.05) is 18.5 Å². The molecule has 1 N–H and O–H groups in total. The zero-order chi connectivity index (χ0) is 19.4. The molecule has 1 heterocycles. The SMILES string of the molecule is CCOc1ccc(OCC)c(NC(=O)Cc2coc3cc(C)c(C)cc23)c1. The lowest BCUT2D eigenvalue weighted by molar-refractivity contribution is -0.115. The third-order valence-electron chi connectivity index (χ3n) is 4.46. The van der Waals surface area contributed by atoms with Gasteiger partial charge >= 0.3 is 0 Å². The van der Waals surface area contributed by atoms with Gasteiger partial charge < -0.3 is 19.2 Å². The summed E-state index contributed by atoms with van der Waals surface area (Å²) in [6.07, 6.45) is 1.88. The van der Waals surface area contributed by atoms with E-state index in [1.165, 1.54) is 11.1 Å². The van der Waals surface area contributed by atoms with E-state index in [1.807, 2.05) is 39.0 Å². The lowest BCUT2D eigenvalue weighted by atomic mass is 10.0. The van der Waals surface area contributed by atoms with Crippen molar-refractivity contribution in [3.63, 3.8) is 0 Å². The minimum atomic E-state index is -0.134. The van der Waals surface area contributed by atoms with Crippen molar-refractivity contribution < 1.29 is 18.7 Å². The van der Waals surface area contributed by atoms with Gasteiger partial charge in [-0.1, -0.05) is 0 Å². The van der Waals surface area contributed by atoms with Gasteiger partial charge in [0.2, 0.25) is 5.91 Å². The lowest BCUT2D eigenvalue weighted by Crippen LogP contribution is -2.15. The van der Waals surface area contributed by atoms with Crippen molar-refractivity contribution in [3.8, 4) is 11.5 Å². The van der Waals surface area contributed by atoms with Crippen LogP contribution in [0, 0.1) is 13.8 Å². The second kappa shape index (κ2) is 8.16. The summed E-state index contributed by atoms with van der Waals surface area (Å²) in [5.74, 6) is 1.18. The van der Waals surface area contributed by atoms with Gasteiger partial charge in [-0.3, -0.25) is 4.79 Å². The molecule has 5 nitrogen and oxygen atoms in total. The smallest absolute Gasteiger partial charge is 0.229 e. The summed E-state index contributed by atoms with van der Waals surface area (Å²) in [5.41, 5.74) is 4.61. The summed E-state index contributed by atoms with van der Waals surface area (Å²) in [6, 6.07) is 9.50. The van der Waals surface area contributed by atoms with Crippen LogP contribution in [0.1, 0.15) is 30.5 Å². The van der Waals surface area contributed by atoms with E-state index in [1.54, 1.807) is 12.3 Å². The molecule has 3 aromatic rings. The first kappa shape index (κ1) is 18.8. The number of hydrogen-bond acceptors (Lipinski definition) is 4. The quantitative estimate of drug-likeness (QED) is 0.636. The number of anilines is 1. The van der Waals surface area contributed by atoms with Crippen LogP contribution in [0.25, 0.3) is 11.0 Å². The average molecular weight is 367 g/mol. The van der Waals surface area contributed by atoms with E-state index < -0.39 is 0 Å². The van der Waals surface area contributed by atoms with Crippen LogP contribution >= 0.6 is 0 Å². The number of aryl methyl sites for hydroxylation is 2. The molecule has 0 aliphatic heterocycles. The van der Waals surface area contributed by atoms with Crippen molar-refractivity contribution in [2.45, 2.75) is 34.1 Å². The zero-order valence-corrected chi connectivity index (χ0v) is 16.2. The van der Waals surface area contributed by atoms with E-state index in [2.05, 4.69) is 18.3 Å². The molecular formula is C22H25NO4. The third-order valence-corrected chi connectivity index (χ3v) is 4.46. The Hall–Kier alpha value is -2.95. The number of rotatable bonds is 7. The lowest BCUT2D eigenvalue weighted by Gasteiger charge is -2.13. The van der Waals surface area contributed by atoms with Gasteiger partial charge in [-0.05, 0) is 63.1 Å². The fraction of sp³-hybridized carbons (Fsp3) is 0.318. The average Bonchev–Trinajstić information content (AvgIpc) is 2.99. The summed E-state index contributed by atoms with van der Waals surface area (Å²) in [6.45, 7) is 9.00. The minimum Gasteiger partial charge on any atom is -0.494 e. The van der Waals surface area contributed by atoms with E-state index in [0.717, 1.165) is 16.5 Å². The Balaban J connectivity index is 1.81. The third kappa shape index (κ3) is 4.25. The monoisotopic (exact) mass is 367 g/mol. The Kier molecular flexibility index (Phi) is 5.69. The van der Waals surface area contributed by atoms with Crippen LogP contribution in [0.2, 0.25) is 0 Å². The van der Waals surface area contributed by atoms with Crippen LogP contribution in [-0.4, -0.2) is 19.1 Å². The van der Waals surface area contributed by atoms with Crippen LogP contribution in [-0.2, 0) is 11.2 Å². The molecule has 1 amide bonds. The summed E-state index contributed by atoms with van der Waals surface area (Å²) >= 11 is 0. The van der Waals surface area contributed by atoms with Crippen LogP contribution < -0.4 is 14.8 Å². The number of amides is 1. The molecule has 3 rings (SSSR count). The first-order valence-corrected chi connectivity index (χ1v) is 9.18. The Morgan fingerprint density at radius 2 is 1.78 bits per heavy atom. The highest BCUT2D eigenvalue weighted by Gasteiger charge is 2.14. The van der Waals surface area contributed by atoms with Gasteiger partial charge in [-0.15, -0.1) is 0 Å². The highest BCUT2D eigenvalue weighted by Crippen LogP contribution is 2.30. The first-order valence-electron chi connectivity index (χ1n) is 9.18. The van der Waals surface area contributed by atoms with E-state index in [4.69, 9.17) is 13.9 Å². The highest BCUT2D eigenvalue weighted by atomic mass is 16.5. The topological polar surface area (TPSA) is 60.7 Å². The normalized spacial score (nSPS) is 10.8. The van der Waals surface area contributed by atoms with Crippen LogP contribution in [0.5, 0.6) is 11.5 Å². The maximum Gasteiger partial charge on any atom is 0.229 e. The van der Waals surface area contributed by atoms with E-state index in [0.29, 0.717) is 30.4 Å². The molecule has 0 fully saturated rings. The second-order valence-corrected chi connectivity index (χ2v) is 6.44. The number of carbonyl (C=O) groups is 1. The maximum atomic E-state index is 12.7. The van der Waals surface area contributed by atoms with Crippen LogP contribution in [0.3, 0.4) is 0 Å². The molecule has 0 atom stereocenters. The summed E-state index contributed by atoms with van der Waals surface area (Å²) in [5, 5.41) is 3.91. The molecule has 0 spiro atoms. The summed E-state index contributed by atoms with van der Waals surface area (Å²) < 4.78 is 16.8. The number of furan rings is 1. The molecule has 0 aliphatic rings. The number of hydrogen-bond donors (Lipinski definition) is 1. The van der Waals surface area contributed by atoms with E-state index in [-0.39, 0.29) is 12.3 Å². The van der Waals surface area contributed by atoms with E-state index in [9.17, 15) is 4.79 Å². The molecule has 0 aliphatic carbocycles. The molecule has 27 heavy (non-hydrogen) atoms. The fourth-order valence-electron chi connectivity index (χ4n) is 2.99. The second-order valence-electron chi connectivity index (χ2n) is 6.44. The fourth-order valence-corrected chi connectivity index (χ4v) is 2.99. The van der Waals surface area contributed by atoms with Crippen LogP contribution in [0.15, 0.2) is 41.0 Å². The predicted octanol–water partition coefficient (Wildman–Crippen LogP) is 5.03. The van der Waals surface area contributed by atoms with Gasteiger partial charge in [0.05, 0.1) is 31.6 Å². The first-order chi connectivity index (χ1) is 13.0. The van der Waals surface area contributed by atoms with Gasteiger partial charge in [-0.25, -0.2) is 0 Å². The molecule has 2 aromatic carbocycles. The van der Waals surface area contributed by atoms with Crippen LogP contribution in [0.4, 0.5) is 5.69 Å². The van der Waals surface area contributed by atoms with Crippen molar-refractivity contribution in [2.24, 2.45) is 0 Å². The molecule has 0 radical (unpaired) electrons. The van der Waals surface area contributed by atoms with Gasteiger partial charge in [0, 0.05) is 17.0 Å². The molecule has 142 valence electrons. The van der Waals surface area contributed by atoms with Crippen molar-refractivity contribution in [1.82, 2.24) is 0 Å². The molecule has 0 saturated carbocycles. The van der Waals surface area contributed by atoms with Crippen molar-refractivity contribution >= 4 is 22.6 Å². The Labute approximate surface area is 159 Å². The number of nitrogens with one attached hydrogen (secondary N) is 1. The van der Waals surface area contributed by atoms with Gasteiger partial charge in [0.25, 0.3) is 0 Å². The zero-order valence-electron chi connectivity index (χ0n) is 16.2. The molecule has 5 heteroatoms. The summed E-state index contributed by atoms with van der Waals surface area (Å²) in [7, 11) is 0. The van der Waals surface area contributed by atoms with Crippen molar-refractivity contribution in [3.05, 3.63) is 53.3 Å². The predicted molar refractivity (Wildman–Crippen MR) is 107 cm³/mol. The Bertz CT molecular complexity index is 958. The van der Waals surface area contributed by atoms with Gasteiger partial charge in [0.1, 0.15) is 17.1 Å². The number of carbonyl (C=O) groups excluding carboxylic acids is 1. The number of benzene rings is 2. The molecule has 0 unspecified atom stereocenters. The molecule has 0 saturated heterocycles. The van der Waals surface area contributed by atoms with E-state index >= 15 is 0 Å². The highest BCUT2D eigenvalue weighted by molar-refractivity contribution is 5.96. The Morgan fingerprint density at radius 3 is 2.52 bits per heavy atom. The Morgan fingerprint density at radius 1 is 1.04 bits per heavy atom. The molecule has 1 aromatic heterocycles. The summed E-state index contributed by atoms with van der Waals surface area (Å²) in [4.78, 5) is 12.7. The largest absolute Gasteiger partial charge is 0.494 e. The maximum absolute atomic E-state index is 12.7. The van der Waals surface area contributed by atoms with Gasteiger partial charge in [-0.2, -0.15) is 0 Å².